The number of carbonyl (C=O) groups excluding carboxylic acids is 1. The molecule has 1 saturated heterocycles. The number of hydrogen-bond donors (Lipinski definition) is 1. The average Bonchev–Trinajstić information content (AvgIpc) is 2.87. The molecular formula is C24H27N5O4. The van der Waals surface area contributed by atoms with Crippen molar-refractivity contribution in [3.8, 4) is 22.8 Å². The van der Waals surface area contributed by atoms with Crippen LogP contribution < -0.4 is 19.7 Å². The number of nitrogens with zero attached hydrogens (tertiary/aromatic N) is 4. The first-order chi connectivity index (χ1) is 16.1. The Morgan fingerprint density at radius 1 is 1.09 bits per heavy atom. The summed E-state index contributed by atoms with van der Waals surface area (Å²) in [5.41, 5.74) is 3.93. The third kappa shape index (κ3) is 5.20. The van der Waals surface area contributed by atoms with Crippen LogP contribution in [0.3, 0.4) is 0 Å². The van der Waals surface area contributed by atoms with E-state index in [0.29, 0.717) is 55.0 Å². The molecule has 0 aromatic carbocycles. The molecule has 0 spiro atoms. The molecule has 0 radical (unpaired) electrons. The Kier molecular flexibility index (Phi) is 6.99. The van der Waals surface area contributed by atoms with Gasteiger partial charge < -0.3 is 24.4 Å². The molecule has 1 aliphatic rings. The molecule has 9 heteroatoms. The second-order valence-electron chi connectivity index (χ2n) is 7.64. The molecule has 0 bridgehead atoms. The number of nitrogens with one attached hydrogen (secondary N) is 1. The van der Waals surface area contributed by atoms with Crippen LogP contribution in [-0.4, -0.2) is 61.4 Å². The topological polar surface area (TPSA) is 98.7 Å². The normalized spacial score (nSPS) is 13.5. The van der Waals surface area contributed by atoms with Crippen LogP contribution in [0.25, 0.3) is 11.1 Å². The molecule has 1 fully saturated rings. The van der Waals surface area contributed by atoms with E-state index in [1.165, 1.54) is 7.11 Å². The van der Waals surface area contributed by atoms with Crippen LogP contribution in [0, 0.1) is 6.92 Å². The number of pyridine rings is 3. The van der Waals surface area contributed by atoms with Gasteiger partial charge in [0.25, 0.3) is 11.8 Å². The summed E-state index contributed by atoms with van der Waals surface area (Å²) in [6.45, 7) is 4.77. The SMILES string of the molecule is COc1ccc(CNC(=O)c2cc(-c3cncc(C)c3)cnc2N2CCOCC2)nc1OC. The lowest BCUT2D eigenvalue weighted by molar-refractivity contribution is 0.0948. The number of morpholine rings is 1. The highest BCUT2D eigenvalue weighted by Gasteiger charge is 2.21. The summed E-state index contributed by atoms with van der Waals surface area (Å²) in [6.07, 6.45) is 5.35. The quantitative estimate of drug-likeness (QED) is 0.588. The molecule has 172 valence electrons. The lowest BCUT2D eigenvalue weighted by atomic mass is 10.1. The molecule has 9 nitrogen and oxygen atoms in total. The van der Waals surface area contributed by atoms with Crippen LogP contribution >= 0.6 is 0 Å². The second kappa shape index (κ2) is 10.3. The van der Waals surface area contributed by atoms with Crippen molar-refractivity contribution in [2.75, 3.05) is 45.4 Å². The van der Waals surface area contributed by atoms with Crippen LogP contribution in [0.4, 0.5) is 5.82 Å². The number of ether oxygens (including phenoxy) is 3. The predicted octanol–water partition coefficient (Wildman–Crippen LogP) is 2.63. The highest BCUT2D eigenvalue weighted by molar-refractivity contribution is 6.00. The van der Waals surface area contributed by atoms with Crippen molar-refractivity contribution in [1.82, 2.24) is 20.3 Å². The van der Waals surface area contributed by atoms with Crippen molar-refractivity contribution < 1.29 is 19.0 Å². The van der Waals surface area contributed by atoms with E-state index in [1.807, 2.05) is 19.1 Å². The maximum Gasteiger partial charge on any atom is 0.257 e. The summed E-state index contributed by atoms with van der Waals surface area (Å²) in [7, 11) is 3.08. The summed E-state index contributed by atoms with van der Waals surface area (Å²) in [6, 6.07) is 7.44. The monoisotopic (exact) mass is 449 g/mol. The smallest absolute Gasteiger partial charge is 0.257 e. The van der Waals surface area contributed by atoms with Gasteiger partial charge in [-0.15, -0.1) is 0 Å². The number of hydrogen-bond acceptors (Lipinski definition) is 8. The fraction of sp³-hybridized carbons (Fsp3) is 0.333. The van der Waals surface area contributed by atoms with Crippen LogP contribution in [0.15, 0.2) is 42.9 Å². The first kappa shape index (κ1) is 22.5. The number of aromatic nitrogens is 3. The zero-order chi connectivity index (χ0) is 23.2. The minimum absolute atomic E-state index is 0.233. The average molecular weight is 450 g/mol. The van der Waals surface area contributed by atoms with Gasteiger partial charge in [0.05, 0.1) is 45.2 Å². The first-order valence-corrected chi connectivity index (χ1v) is 10.7. The number of rotatable bonds is 7. The van der Waals surface area contributed by atoms with Gasteiger partial charge in [0.15, 0.2) is 5.75 Å². The molecule has 0 saturated carbocycles. The van der Waals surface area contributed by atoms with Gasteiger partial charge in [0.2, 0.25) is 0 Å². The lowest BCUT2D eigenvalue weighted by Gasteiger charge is -2.29. The van der Waals surface area contributed by atoms with Crippen LogP contribution in [0.2, 0.25) is 0 Å². The zero-order valence-corrected chi connectivity index (χ0v) is 19.0. The lowest BCUT2D eigenvalue weighted by Crippen LogP contribution is -2.38. The Bertz CT molecular complexity index is 1130. The number of carbonyl (C=O) groups is 1. The van der Waals surface area contributed by atoms with Crippen molar-refractivity contribution in [2.45, 2.75) is 13.5 Å². The first-order valence-electron chi connectivity index (χ1n) is 10.7. The summed E-state index contributed by atoms with van der Waals surface area (Å²) in [5, 5.41) is 2.96. The van der Waals surface area contributed by atoms with Gasteiger partial charge in [-0.3, -0.25) is 9.78 Å². The minimum Gasteiger partial charge on any atom is -0.491 e. The van der Waals surface area contributed by atoms with Crippen molar-refractivity contribution >= 4 is 11.7 Å². The molecule has 0 unspecified atom stereocenters. The summed E-state index contributed by atoms with van der Waals surface area (Å²) in [4.78, 5) is 28.7. The Balaban J connectivity index is 1.61. The van der Waals surface area contributed by atoms with E-state index in [0.717, 1.165) is 16.7 Å². The van der Waals surface area contributed by atoms with Crippen LogP contribution in [0.5, 0.6) is 11.6 Å². The minimum atomic E-state index is -0.233. The number of amides is 1. The van der Waals surface area contributed by atoms with E-state index in [1.54, 1.807) is 37.8 Å². The molecule has 0 aliphatic carbocycles. The fourth-order valence-electron chi connectivity index (χ4n) is 3.65. The molecule has 0 atom stereocenters. The highest BCUT2D eigenvalue weighted by atomic mass is 16.5. The van der Waals surface area contributed by atoms with E-state index < -0.39 is 0 Å². The van der Waals surface area contributed by atoms with Gasteiger partial charge in [-0.05, 0) is 36.8 Å². The zero-order valence-electron chi connectivity index (χ0n) is 19.0. The standard InChI is InChI=1S/C24H27N5O4/c1-16-10-17(13-25-12-16)18-11-20(22(26-14-18)29-6-8-33-9-7-29)23(30)27-15-19-4-5-21(31-2)24(28-19)32-3/h4-5,10-14H,6-9,15H2,1-3H3,(H,27,30). The van der Waals surface area contributed by atoms with Gasteiger partial charge in [0.1, 0.15) is 5.82 Å². The summed E-state index contributed by atoms with van der Waals surface area (Å²) < 4.78 is 16.0. The number of anilines is 1. The summed E-state index contributed by atoms with van der Waals surface area (Å²) >= 11 is 0. The molecule has 4 heterocycles. The molecule has 4 rings (SSSR count). The molecule has 3 aromatic rings. The molecule has 3 aromatic heterocycles. The van der Waals surface area contributed by atoms with Crippen LogP contribution in [0.1, 0.15) is 21.6 Å². The fourth-order valence-corrected chi connectivity index (χ4v) is 3.65. The number of aryl methyl sites for hydroxylation is 1. The molecular weight excluding hydrogens is 422 g/mol. The van der Waals surface area contributed by atoms with Gasteiger partial charge >= 0.3 is 0 Å². The molecule has 1 amide bonds. The van der Waals surface area contributed by atoms with Crippen molar-refractivity contribution in [1.29, 1.82) is 0 Å². The van der Waals surface area contributed by atoms with Gasteiger partial charge in [-0.1, -0.05) is 0 Å². The van der Waals surface area contributed by atoms with E-state index in [2.05, 4.69) is 25.2 Å². The third-order valence-corrected chi connectivity index (χ3v) is 5.36. The Hall–Kier alpha value is -3.72. The second-order valence-corrected chi connectivity index (χ2v) is 7.64. The van der Waals surface area contributed by atoms with E-state index in [4.69, 9.17) is 14.2 Å². The predicted molar refractivity (Wildman–Crippen MR) is 124 cm³/mol. The van der Waals surface area contributed by atoms with E-state index in [9.17, 15) is 4.79 Å². The maximum atomic E-state index is 13.3. The molecule has 33 heavy (non-hydrogen) atoms. The summed E-state index contributed by atoms with van der Waals surface area (Å²) in [5.74, 6) is 1.31. The molecule has 1 aliphatic heterocycles. The highest BCUT2D eigenvalue weighted by Crippen LogP contribution is 2.27. The van der Waals surface area contributed by atoms with Crippen LogP contribution in [-0.2, 0) is 11.3 Å². The largest absolute Gasteiger partial charge is 0.491 e. The van der Waals surface area contributed by atoms with Crippen molar-refractivity contribution in [3.63, 3.8) is 0 Å². The number of methoxy groups -OCH3 is 2. The van der Waals surface area contributed by atoms with E-state index >= 15 is 0 Å². The third-order valence-electron chi connectivity index (χ3n) is 5.36. The maximum absolute atomic E-state index is 13.3. The Morgan fingerprint density at radius 3 is 2.61 bits per heavy atom. The van der Waals surface area contributed by atoms with Gasteiger partial charge in [-0.25, -0.2) is 9.97 Å². The molecule has 1 N–H and O–H groups in total. The Labute approximate surface area is 192 Å². The Morgan fingerprint density at radius 2 is 1.88 bits per heavy atom. The van der Waals surface area contributed by atoms with E-state index in [-0.39, 0.29) is 12.5 Å². The van der Waals surface area contributed by atoms with Gasteiger partial charge in [0, 0.05) is 42.8 Å². The van der Waals surface area contributed by atoms with Crippen molar-refractivity contribution in [3.05, 3.63) is 59.7 Å². The van der Waals surface area contributed by atoms with Gasteiger partial charge in [-0.2, -0.15) is 0 Å². The van der Waals surface area contributed by atoms with Crippen molar-refractivity contribution in [2.24, 2.45) is 0 Å².